The predicted octanol–water partition coefficient (Wildman–Crippen LogP) is 2.69. The largest absolute Gasteiger partial charge is 0.481 e. The van der Waals surface area contributed by atoms with Crippen LogP contribution in [0.15, 0.2) is 18.2 Å². The van der Waals surface area contributed by atoms with Gasteiger partial charge in [-0.25, -0.2) is 0 Å². The molecule has 2 rings (SSSR count). The van der Waals surface area contributed by atoms with Crippen LogP contribution >= 0.6 is 11.6 Å². The second-order valence-electron chi connectivity index (χ2n) is 4.88. The van der Waals surface area contributed by atoms with Gasteiger partial charge in [-0.05, 0) is 25.0 Å². The number of nitrogens with zero attached hydrogens (tertiary/aromatic N) is 2. The lowest BCUT2D eigenvalue weighted by molar-refractivity contribution is -0.385. The summed E-state index contributed by atoms with van der Waals surface area (Å²) in [7, 11) is 0. The normalized spacial score (nSPS) is 14.5. The van der Waals surface area contributed by atoms with Crippen LogP contribution in [0.2, 0.25) is 5.02 Å². The highest BCUT2D eigenvalue weighted by molar-refractivity contribution is 6.30. The Kier molecular flexibility index (Phi) is 4.57. The Morgan fingerprint density at radius 1 is 1.50 bits per heavy atom. The molecule has 7 heteroatoms. The fraction of sp³-hybridized carbons (Fsp3) is 0.462. The first-order valence-electron chi connectivity index (χ1n) is 6.36. The van der Waals surface area contributed by atoms with Crippen molar-refractivity contribution in [3.05, 3.63) is 38.9 Å². The second-order valence-corrected chi connectivity index (χ2v) is 5.31. The van der Waals surface area contributed by atoms with Crippen LogP contribution in [0.4, 0.5) is 5.69 Å². The van der Waals surface area contributed by atoms with E-state index >= 15 is 0 Å². The van der Waals surface area contributed by atoms with Crippen molar-refractivity contribution in [3.8, 4) is 0 Å². The number of carboxylic acids is 1. The van der Waals surface area contributed by atoms with Crippen molar-refractivity contribution in [2.75, 3.05) is 6.54 Å². The average Bonchev–Trinajstić information content (AvgIpc) is 3.18. The van der Waals surface area contributed by atoms with E-state index in [4.69, 9.17) is 16.7 Å². The molecule has 0 unspecified atom stereocenters. The Bertz CT molecular complexity index is 531. The first kappa shape index (κ1) is 14.7. The first-order chi connectivity index (χ1) is 9.47. The first-order valence-corrected chi connectivity index (χ1v) is 6.74. The Hall–Kier alpha value is -1.66. The van der Waals surface area contributed by atoms with E-state index in [1.807, 2.05) is 4.90 Å². The van der Waals surface area contributed by atoms with Gasteiger partial charge in [0.05, 0.1) is 11.3 Å². The molecular formula is C13H15ClN2O4. The van der Waals surface area contributed by atoms with Crippen LogP contribution in [0.5, 0.6) is 0 Å². The fourth-order valence-electron chi connectivity index (χ4n) is 2.15. The lowest BCUT2D eigenvalue weighted by atomic mass is 10.1. The maximum Gasteiger partial charge on any atom is 0.304 e. The monoisotopic (exact) mass is 298 g/mol. The maximum absolute atomic E-state index is 11.0. The van der Waals surface area contributed by atoms with Crippen LogP contribution < -0.4 is 0 Å². The predicted molar refractivity (Wildman–Crippen MR) is 73.8 cm³/mol. The van der Waals surface area contributed by atoms with Gasteiger partial charge in [-0.15, -0.1) is 0 Å². The Morgan fingerprint density at radius 3 is 2.75 bits per heavy atom. The highest BCUT2D eigenvalue weighted by atomic mass is 35.5. The summed E-state index contributed by atoms with van der Waals surface area (Å²) in [6.07, 6.45) is 2.05. The van der Waals surface area contributed by atoms with Gasteiger partial charge in [-0.3, -0.25) is 19.8 Å². The summed E-state index contributed by atoms with van der Waals surface area (Å²) >= 11 is 5.89. The van der Waals surface area contributed by atoms with Gasteiger partial charge < -0.3 is 5.11 Å². The van der Waals surface area contributed by atoms with Gasteiger partial charge in [-0.1, -0.05) is 11.6 Å². The molecule has 0 bridgehead atoms. The van der Waals surface area contributed by atoms with Gasteiger partial charge >= 0.3 is 5.97 Å². The van der Waals surface area contributed by atoms with Gasteiger partial charge in [0.15, 0.2) is 0 Å². The topological polar surface area (TPSA) is 83.7 Å². The average molecular weight is 299 g/mol. The molecule has 1 aliphatic carbocycles. The van der Waals surface area contributed by atoms with Crippen molar-refractivity contribution in [1.82, 2.24) is 4.90 Å². The van der Waals surface area contributed by atoms with Crippen molar-refractivity contribution < 1.29 is 14.8 Å². The number of carboxylic acid groups (broad SMARTS) is 1. The summed E-state index contributed by atoms with van der Waals surface area (Å²) in [6, 6.07) is 4.78. The molecule has 1 N–H and O–H groups in total. The molecule has 0 heterocycles. The molecule has 1 aromatic rings. The molecule has 1 saturated carbocycles. The third kappa shape index (κ3) is 3.91. The van der Waals surface area contributed by atoms with E-state index in [2.05, 4.69) is 0 Å². The van der Waals surface area contributed by atoms with E-state index in [0.717, 1.165) is 12.8 Å². The number of hydrogen-bond donors (Lipinski definition) is 1. The van der Waals surface area contributed by atoms with Gasteiger partial charge in [0.1, 0.15) is 0 Å². The molecule has 0 atom stereocenters. The highest BCUT2D eigenvalue weighted by Gasteiger charge is 2.30. The summed E-state index contributed by atoms with van der Waals surface area (Å²) in [5.74, 6) is -0.865. The van der Waals surface area contributed by atoms with E-state index in [0.29, 0.717) is 29.7 Å². The minimum Gasteiger partial charge on any atom is -0.481 e. The van der Waals surface area contributed by atoms with E-state index in [9.17, 15) is 14.9 Å². The summed E-state index contributed by atoms with van der Waals surface area (Å²) in [4.78, 5) is 23.2. The molecule has 1 fully saturated rings. The lowest BCUT2D eigenvalue weighted by Gasteiger charge is -2.21. The molecule has 1 aromatic carbocycles. The van der Waals surface area contributed by atoms with E-state index in [1.165, 1.54) is 12.1 Å². The molecule has 6 nitrogen and oxygen atoms in total. The van der Waals surface area contributed by atoms with E-state index in [1.54, 1.807) is 6.07 Å². The van der Waals surface area contributed by atoms with Crippen LogP contribution in [0.25, 0.3) is 0 Å². The highest BCUT2D eigenvalue weighted by Crippen LogP contribution is 2.31. The van der Waals surface area contributed by atoms with Crippen LogP contribution in [0.1, 0.15) is 24.8 Å². The molecule has 20 heavy (non-hydrogen) atoms. The maximum atomic E-state index is 11.0. The van der Waals surface area contributed by atoms with Crippen molar-refractivity contribution in [3.63, 3.8) is 0 Å². The molecule has 1 aliphatic rings. The number of aliphatic carboxylic acids is 1. The number of halogens is 1. The Labute approximate surface area is 121 Å². The minimum absolute atomic E-state index is 0.0235. The van der Waals surface area contributed by atoms with Crippen LogP contribution in [0, 0.1) is 10.1 Å². The van der Waals surface area contributed by atoms with Crippen LogP contribution in [-0.2, 0) is 11.3 Å². The molecule has 0 amide bonds. The molecule has 0 radical (unpaired) electrons. The quantitative estimate of drug-likeness (QED) is 0.618. The summed E-state index contributed by atoms with van der Waals surface area (Å²) in [6.45, 7) is 0.748. The summed E-state index contributed by atoms with van der Waals surface area (Å²) in [5, 5.41) is 20.2. The summed E-state index contributed by atoms with van der Waals surface area (Å²) in [5.41, 5.74) is 0.551. The minimum atomic E-state index is -0.865. The second kappa shape index (κ2) is 6.19. The number of hydrogen-bond acceptors (Lipinski definition) is 4. The molecule has 0 saturated heterocycles. The standard InChI is InChI=1S/C13H15ClN2O4/c14-10-1-4-12(16(19)20)9(7-10)8-15(11-2-3-11)6-5-13(17)18/h1,4,7,11H,2-3,5-6,8H2,(H,17,18). The van der Waals surface area contributed by atoms with Crippen molar-refractivity contribution in [1.29, 1.82) is 0 Å². The number of benzene rings is 1. The van der Waals surface area contributed by atoms with Gasteiger partial charge in [0.2, 0.25) is 0 Å². The third-order valence-electron chi connectivity index (χ3n) is 3.29. The van der Waals surface area contributed by atoms with Crippen molar-refractivity contribution >= 4 is 23.3 Å². The number of nitro benzene ring substituents is 1. The molecule has 0 spiro atoms. The van der Waals surface area contributed by atoms with E-state index < -0.39 is 10.9 Å². The lowest BCUT2D eigenvalue weighted by Crippen LogP contribution is -2.28. The van der Waals surface area contributed by atoms with Crippen molar-refractivity contribution in [2.45, 2.75) is 31.8 Å². The van der Waals surface area contributed by atoms with Gasteiger partial charge in [0.25, 0.3) is 5.69 Å². The number of nitro groups is 1. The van der Waals surface area contributed by atoms with Crippen molar-refractivity contribution in [2.24, 2.45) is 0 Å². The zero-order chi connectivity index (χ0) is 14.7. The number of carbonyl (C=O) groups is 1. The fourth-order valence-corrected chi connectivity index (χ4v) is 2.34. The van der Waals surface area contributed by atoms with Crippen LogP contribution in [0.3, 0.4) is 0 Å². The van der Waals surface area contributed by atoms with Crippen LogP contribution in [-0.4, -0.2) is 33.5 Å². The molecule has 0 aromatic heterocycles. The summed E-state index contributed by atoms with van der Waals surface area (Å²) < 4.78 is 0. The Morgan fingerprint density at radius 2 is 2.20 bits per heavy atom. The zero-order valence-electron chi connectivity index (χ0n) is 10.8. The SMILES string of the molecule is O=C(O)CCN(Cc1cc(Cl)ccc1[N+](=O)[O-])C1CC1. The zero-order valence-corrected chi connectivity index (χ0v) is 11.5. The third-order valence-corrected chi connectivity index (χ3v) is 3.52. The number of rotatable bonds is 7. The smallest absolute Gasteiger partial charge is 0.304 e. The molecular weight excluding hydrogens is 284 g/mol. The molecule has 108 valence electrons. The Balaban J connectivity index is 2.15. The van der Waals surface area contributed by atoms with Gasteiger partial charge in [-0.2, -0.15) is 0 Å². The van der Waals surface area contributed by atoms with Gasteiger partial charge in [0, 0.05) is 35.8 Å². The van der Waals surface area contributed by atoms with E-state index in [-0.39, 0.29) is 12.1 Å². The molecule has 0 aliphatic heterocycles.